The molecule has 1 atom stereocenters. The molecule has 120 valence electrons. The fraction of sp³-hybridized carbons (Fsp3) is 0.250. The van der Waals surface area contributed by atoms with Gasteiger partial charge in [-0.1, -0.05) is 5.92 Å². The van der Waals surface area contributed by atoms with Gasteiger partial charge in [-0.3, -0.25) is 0 Å². The van der Waals surface area contributed by atoms with E-state index in [9.17, 15) is 4.39 Å². The maximum absolute atomic E-state index is 13.3. The lowest BCUT2D eigenvalue weighted by molar-refractivity contribution is 0.472. The van der Waals surface area contributed by atoms with Crippen molar-refractivity contribution in [2.45, 2.75) is 25.3 Å². The van der Waals surface area contributed by atoms with Crippen molar-refractivity contribution >= 4 is 5.69 Å². The number of imidazole rings is 1. The summed E-state index contributed by atoms with van der Waals surface area (Å²) in [6.07, 6.45) is 11.9. The summed E-state index contributed by atoms with van der Waals surface area (Å²) < 4.78 is 13.3. The average molecular weight is 319 g/mol. The molecule has 1 aliphatic heterocycles. The Hall–Kier alpha value is -2.80. The van der Waals surface area contributed by atoms with Crippen LogP contribution in [0.4, 0.5) is 10.1 Å². The summed E-state index contributed by atoms with van der Waals surface area (Å²) >= 11 is 0. The van der Waals surface area contributed by atoms with Gasteiger partial charge in [-0.15, -0.1) is 0 Å². The fourth-order valence-electron chi connectivity index (χ4n) is 3.32. The highest BCUT2D eigenvalue weighted by atomic mass is 19.1. The monoisotopic (exact) mass is 319 g/mol. The first-order valence-electron chi connectivity index (χ1n) is 8.12. The number of halogens is 1. The number of nitrogens with zero attached hydrogens (tertiary/aromatic N) is 2. The van der Waals surface area contributed by atoms with Crippen LogP contribution in [0.1, 0.15) is 25.5 Å². The molecule has 2 heterocycles. The molecule has 1 unspecified atom stereocenters. The lowest BCUT2D eigenvalue weighted by atomic mass is 9.82. The number of allylic oxidation sites excluding steroid dienone is 2. The molecule has 4 rings (SSSR count). The van der Waals surface area contributed by atoms with Crippen LogP contribution in [0.15, 0.2) is 60.7 Å². The van der Waals surface area contributed by atoms with E-state index in [2.05, 4.69) is 45.9 Å². The van der Waals surface area contributed by atoms with E-state index in [-0.39, 0.29) is 11.4 Å². The number of benzene rings is 1. The Morgan fingerprint density at radius 3 is 2.71 bits per heavy atom. The third-order valence-corrected chi connectivity index (χ3v) is 4.85. The van der Waals surface area contributed by atoms with Crippen molar-refractivity contribution < 1.29 is 4.39 Å². The second kappa shape index (κ2) is 5.68. The maximum atomic E-state index is 13.3. The van der Waals surface area contributed by atoms with Gasteiger partial charge in [-0.05, 0) is 68.0 Å². The van der Waals surface area contributed by atoms with E-state index in [1.165, 1.54) is 25.0 Å². The van der Waals surface area contributed by atoms with Crippen molar-refractivity contribution in [1.29, 1.82) is 0 Å². The molecule has 1 N–H and O–H groups in total. The summed E-state index contributed by atoms with van der Waals surface area (Å²) in [7, 11) is 0. The molecule has 0 spiro atoms. The lowest BCUT2D eigenvalue weighted by Crippen LogP contribution is -2.48. The average Bonchev–Trinajstić information content (AvgIpc) is 3.33. The van der Waals surface area contributed by atoms with Crippen LogP contribution in [0.2, 0.25) is 0 Å². The Morgan fingerprint density at radius 2 is 2.04 bits per heavy atom. The van der Waals surface area contributed by atoms with E-state index in [4.69, 9.17) is 0 Å². The number of nitrogens with one attached hydrogen (secondary N) is 1. The molecule has 0 amide bonds. The summed E-state index contributed by atoms with van der Waals surface area (Å²) in [6.45, 7) is 2.23. The van der Waals surface area contributed by atoms with E-state index in [0.717, 1.165) is 17.0 Å². The van der Waals surface area contributed by atoms with Crippen LogP contribution in [0, 0.1) is 23.6 Å². The molecule has 24 heavy (non-hydrogen) atoms. The zero-order valence-corrected chi connectivity index (χ0v) is 13.5. The number of hydrogen-bond donors (Lipinski definition) is 1. The second-order valence-electron chi connectivity index (χ2n) is 6.41. The Bertz CT molecular complexity index is 849. The molecule has 1 saturated carbocycles. The second-order valence-corrected chi connectivity index (χ2v) is 6.41. The van der Waals surface area contributed by atoms with Crippen molar-refractivity contribution in [3.8, 4) is 11.8 Å². The van der Waals surface area contributed by atoms with Crippen LogP contribution in [0.3, 0.4) is 0 Å². The highest BCUT2D eigenvalue weighted by Gasteiger charge is 2.48. The molecule has 1 aromatic heterocycles. The van der Waals surface area contributed by atoms with Gasteiger partial charge in [-0.25, -0.2) is 9.37 Å². The van der Waals surface area contributed by atoms with E-state index >= 15 is 0 Å². The molecule has 0 saturated heterocycles. The van der Waals surface area contributed by atoms with Gasteiger partial charge in [0.15, 0.2) is 0 Å². The summed E-state index contributed by atoms with van der Waals surface area (Å²) in [5, 5.41) is 0. The van der Waals surface area contributed by atoms with Gasteiger partial charge in [0.25, 0.3) is 0 Å². The minimum atomic E-state index is -0.220. The third kappa shape index (κ3) is 2.52. The molecule has 1 aromatic carbocycles. The Labute approximate surface area is 140 Å². The largest absolute Gasteiger partial charge is 0.338 e. The van der Waals surface area contributed by atoms with E-state index in [1.54, 1.807) is 12.5 Å². The number of aromatic amines is 1. The van der Waals surface area contributed by atoms with Crippen LogP contribution in [-0.4, -0.2) is 15.5 Å². The predicted molar refractivity (Wildman–Crippen MR) is 92.7 cm³/mol. The van der Waals surface area contributed by atoms with Crippen molar-refractivity contribution in [3.63, 3.8) is 0 Å². The molecule has 2 aliphatic rings. The molecule has 0 radical (unpaired) electrons. The van der Waals surface area contributed by atoms with Gasteiger partial charge >= 0.3 is 0 Å². The molecular weight excluding hydrogens is 301 g/mol. The molecule has 3 nitrogen and oxygen atoms in total. The first-order valence-corrected chi connectivity index (χ1v) is 8.12. The van der Waals surface area contributed by atoms with Gasteiger partial charge < -0.3 is 9.88 Å². The lowest BCUT2D eigenvalue weighted by Gasteiger charge is -2.43. The standard InChI is InChI=1S/C20H18FN3/c1-20(16-4-5-16)15(6-9-18-13-22-14-23-18)3-2-12-24(20)19-10-7-17(21)8-11-19/h2-3,7-8,10-14,16H,4-5H2,1H3,(H,22,23). The maximum Gasteiger partial charge on any atom is 0.123 e. The van der Waals surface area contributed by atoms with Crippen molar-refractivity contribution in [2.24, 2.45) is 5.92 Å². The Kier molecular flexibility index (Phi) is 3.50. The molecular formula is C20H18FN3. The number of rotatable bonds is 2. The first-order chi connectivity index (χ1) is 11.7. The van der Waals surface area contributed by atoms with Crippen LogP contribution >= 0.6 is 0 Å². The molecule has 1 aliphatic carbocycles. The van der Waals surface area contributed by atoms with E-state index < -0.39 is 0 Å². The summed E-state index contributed by atoms with van der Waals surface area (Å²) in [5.41, 5.74) is 2.65. The SMILES string of the molecule is CC1(C2CC2)C(C#Cc2cnc[nH]2)=CC=CN1c1ccc(F)cc1. The van der Waals surface area contributed by atoms with Gasteiger partial charge in [0, 0.05) is 17.5 Å². The van der Waals surface area contributed by atoms with Gasteiger partial charge in [0.05, 0.1) is 18.1 Å². The summed E-state index contributed by atoms with van der Waals surface area (Å²) in [5.74, 6) is 6.81. The minimum absolute atomic E-state index is 0.209. The number of anilines is 1. The van der Waals surface area contributed by atoms with Crippen molar-refractivity contribution in [3.05, 3.63) is 72.2 Å². The van der Waals surface area contributed by atoms with Crippen LogP contribution in [-0.2, 0) is 0 Å². The quantitative estimate of drug-likeness (QED) is 0.848. The number of H-pyrrole nitrogens is 1. The molecule has 1 fully saturated rings. The van der Waals surface area contributed by atoms with Gasteiger partial charge in [0.2, 0.25) is 0 Å². The topological polar surface area (TPSA) is 31.9 Å². The first kappa shape index (κ1) is 14.8. The Balaban J connectivity index is 1.73. The normalized spacial score (nSPS) is 22.8. The van der Waals surface area contributed by atoms with Crippen LogP contribution in [0.5, 0.6) is 0 Å². The van der Waals surface area contributed by atoms with Gasteiger partial charge in [-0.2, -0.15) is 0 Å². The smallest absolute Gasteiger partial charge is 0.123 e. The van der Waals surface area contributed by atoms with E-state index in [1.807, 2.05) is 18.2 Å². The molecule has 0 bridgehead atoms. The highest BCUT2D eigenvalue weighted by molar-refractivity contribution is 5.62. The third-order valence-electron chi connectivity index (χ3n) is 4.85. The highest BCUT2D eigenvalue weighted by Crippen LogP contribution is 2.49. The fourth-order valence-corrected chi connectivity index (χ4v) is 3.32. The number of hydrogen-bond acceptors (Lipinski definition) is 2. The Morgan fingerprint density at radius 1 is 1.25 bits per heavy atom. The zero-order valence-electron chi connectivity index (χ0n) is 13.5. The van der Waals surface area contributed by atoms with Crippen LogP contribution in [0.25, 0.3) is 0 Å². The number of aromatic nitrogens is 2. The van der Waals surface area contributed by atoms with E-state index in [0.29, 0.717) is 5.92 Å². The van der Waals surface area contributed by atoms with Gasteiger partial charge in [0.1, 0.15) is 11.5 Å². The predicted octanol–water partition coefficient (Wildman–Crippen LogP) is 4.03. The van der Waals surface area contributed by atoms with Crippen molar-refractivity contribution in [2.75, 3.05) is 4.90 Å². The molecule has 4 heteroatoms. The summed E-state index contributed by atoms with van der Waals surface area (Å²) in [6, 6.07) is 6.66. The van der Waals surface area contributed by atoms with Crippen LogP contribution < -0.4 is 4.90 Å². The minimum Gasteiger partial charge on any atom is -0.338 e. The molecule has 2 aromatic rings. The summed E-state index contributed by atoms with van der Waals surface area (Å²) in [4.78, 5) is 9.24. The van der Waals surface area contributed by atoms with Crippen molar-refractivity contribution in [1.82, 2.24) is 9.97 Å². The zero-order chi connectivity index (χ0) is 16.6.